The Balaban J connectivity index is 1.98. The van der Waals surface area contributed by atoms with E-state index in [1.54, 1.807) is 7.11 Å². The SMILES string of the molecule is CCCC(Cl)c1noc(CC2(OC)CCC2)n1. The van der Waals surface area contributed by atoms with E-state index in [0.717, 1.165) is 25.7 Å². The van der Waals surface area contributed by atoms with Crippen LogP contribution in [0.5, 0.6) is 0 Å². The molecule has 0 saturated heterocycles. The third-order valence-electron chi connectivity index (χ3n) is 3.48. The van der Waals surface area contributed by atoms with Crippen molar-refractivity contribution in [2.75, 3.05) is 7.11 Å². The van der Waals surface area contributed by atoms with Gasteiger partial charge in [-0.2, -0.15) is 4.98 Å². The summed E-state index contributed by atoms with van der Waals surface area (Å²) in [6.45, 7) is 2.09. The van der Waals surface area contributed by atoms with Gasteiger partial charge in [-0.05, 0) is 25.7 Å². The number of hydrogen-bond acceptors (Lipinski definition) is 4. The van der Waals surface area contributed by atoms with E-state index in [-0.39, 0.29) is 11.0 Å². The Morgan fingerprint density at radius 1 is 1.53 bits per heavy atom. The van der Waals surface area contributed by atoms with E-state index in [4.69, 9.17) is 20.9 Å². The second kappa shape index (κ2) is 5.36. The predicted molar refractivity (Wildman–Crippen MR) is 65.1 cm³/mol. The standard InChI is InChI=1S/C12H19ClN2O2/c1-3-5-9(13)11-14-10(17-15-11)8-12(16-2)6-4-7-12/h9H,3-8H2,1-2H3. The second-order valence-corrected chi connectivity index (χ2v) is 5.25. The maximum atomic E-state index is 6.16. The number of hydrogen-bond donors (Lipinski definition) is 0. The Morgan fingerprint density at radius 3 is 2.82 bits per heavy atom. The molecule has 96 valence electrons. The molecule has 1 aromatic rings. The molecule has 0 spiro atoms. The highest BCUT2D eigenvalue weighted by Crippen LogP contribution is 2.37. The molecule has 1 saturated carbocycles. The molecule has 1 aromatic heterocycles. The monoisotopic (exact) mass is 258 g/mol. The molecular weight excluding hydrogens is 240 g/mol. The van der Waals surface area contributed by atoms with Crippen molar-refractivity contribution in [3.63, 3.8) is 0 Å². The molecule has 0 amide bonds. The predicted octanol–water partition coefficient (Wildman–Crippen LogP) is 3.26. The third-order valence-corrected chi connectivity index (χ3v) is 3.89. The van der Waals surface area contributed by atoms with Crippen molar-refractivity contribution < 1.29 is 9.26 Å². The Kier molecular flexibility index (Phi) is 4.05. The van der Waals surface area contributed by atoms with Gasteiger partial charge in [-0.25, -0.2) is 0 Å². The van der Waals surface area contributed by atoms with Crippen molar-refractivity contribution in [2.45, 2.75) is 56.4 Å². The molecule has 2 rings (SSSR count). The van der Waals surface area contributed by atoms with E-state index in [9.17, 15) is 0 Å². The fourth-order valence-electron chi connectivity index (χ4n) is 2.15. The van der Waals surface area contributed by atoms with Crippen molar-refractivity contribution in [1.82, 2.24) is 10.1 Å². The van der Waals surface area contributed by atoms with Crippen molar-refractivity contribution in [3.8, 4) is 0 Å². The van der Waals surface area contributed by atoms with Crippen LogP contribution in [0.2, 0.25) is 0 Å². The van der Waals surface area contributed by atoms with Crippen LogP contribution in [0.1, 0.15) is 56.1 Å². The highest BCUT2D eigenvalue weighted by molar-refractivity contribution is 6.20. The van der Waals surface area contributed by atoms with Crippen molar-refractivity contribution in [1.29, 1.82) is 0 Å². The summed E-state index contributed by atoms with van der Waals surface area (Å²) < 4.78 is 10.8. The number of methoxy groups -OCH3 is 1. The Morgan fingerprint density at radius 2 is 2.29 bits per heavy atom. The molecule has 1 atom stereocenters. The lowest BCUT2D eigenvalue weighted by Gasteiger charge is -2.39. The zero-order valence-electron chi connectivity index (χ0n) is 10.4. The molecule has 0 bridgehead atoms. The zero-order chi connectivity index (χ0) is 12.3. The lowest BCUT2D eigenvalue weighted by Crippen LogP contribution is -2.41. The molecule has 5 heteroatoms. The molecule has 0 aliphatic heterocycles. The van der Waals surface area contributed by atoms with Gasteiger partial charge in [-0.3, -0.25) is 0 Å². The minimum Gasteiger partial charge on any atom is -0.378 e. The molecule has 17 heavy (non-hydrogen) atoms. The van der Waals surface area contributed by atoms with Gasteiger partial charge >= 0.3 is 0 Å². The number of aromatic nitrogens is 2. The Hall–Kier alpha value is -0.610. The maximum Gasteiger partial charge on any atom is 0.229 e. The number of rotatable bonds is 6. The minimum atomic E-state index is -0.141. The molecule has 1 heterocycles. The van der Waals surface area contributed by atoms with E-state index in [1.165, 1.54) is 6.42 Å². The molecule has 1 unspecified atom stereocenters. The summed E-state index contributed by atoms with van der Waals surface area (Å²) in [5.41, 5.74) is -0.0730. The van der Waals surface area contributed by atoms with Crippen molar-refractivity contribution in [2.24, 2.45) is 0 Å². The highest BCUT2D eigenvalue weighted by Gasteiger charge is 2.39. The molecule has 4 nitrogen and oxygen atoms in total. The summed E-state index contributed by atoms with van der Waals surface area (Å²) in [6, 6.07) is 0. The number of nitrogens with zero attached hydrogens (tertiary/aromatic N) is 2. The van der Waals surface area contributed by atoms with Gasteiger partial charge in [-0.15, -0.1) is 11.6 Å². The quantitative estimate of drug-likeness (QED) is 0.735. The van der Waals surface area contributed by atoms with Crippen LogP contribution in [0, 0.1) is 0 Å². The van der Waals surface area contributed by atoms with Gasteiger partial charge in [0, 0.05) is 7.11 Å². The van der Waals surface area contributed by atoms with Crippen LogP contribution < -0.4 is 0 Å². The van der Waals surface area contributed by atoms with E-state index in [0.29, 0.717) is 18.1 Å². The van der Waals surface area contributed by atoms with Gasteiger partial charge in [0.15, 0.2) is 5.82 Å². The van der Waals surface area contributed by atoms with Crippen LogP contribution in [0.15, 0.2) is 4.52 Å². The van der Waals surface area contributed by atoms with Crippen LogP contribution in [-0.2, 0) is 11.2 Å². The molecule has 0 radical (unpaired) electrons. The van der Waals surface area contributed by atoms with Gasteiger partial charge in [0.2, 0.25) is 5.89 Å². The van der Waals surface area contributed by atoms with Gasteiger partial charge in [-0.1, -0.05) is 18.5 Å². The lowest BCUT2D eigenvalue weighted by molar-refractivity contribution is -0.0751. The normalized spacial score (nSPS) is 19.9. The maximum absolute atomic E-state index is 6.16. The fraction of sp³-hybridized carbons (Fsp3) is 0.833. The Bertz CT molecular complexity index is 358. The average Bonchev–Trinajstić information content (AvgIpc) is 2.72. The number of alkyl halides is 1. The molecule has 0 N–H and O–H groups in total. The number of ether oxygens (including phenoxy) is 1. The average molecular weight is 259 g/mol. The van der Waals surface area contributed by atoms with Gasteiger partial charge in [0.05, 0.1) is 17.4 Å². The molecule has 1 aliphatic carbocycles. The van der Waals surface area contributed by atoms with Crippen LogP contribution in [-0.4, -0.2) is 22.9 Å². The van der Waals surface area contributed by atoms with E-state index in [2.05, 4.69) is 17.1 Å². The molecule has 0 aromatic carbocycles. The van der Waals surface area contributed by atoms with E-state index >= 15 is 0 Å². The van der Waals surface area contributed by atoms with E-state index in [1.807, 2.05) is 0 Å². The highest BCUT2D eigenvalue weighted by atomic mass is 35.5. The molecule has 1 aliphatic rings. The van der Waals surface area contributed by atoms with Crippen LogP contribution in [0.3, 0.4) is 0 Å². The summed E-state index contributed by atoms with van der Waals surface area (Å²) in [6.07, 6.45) is 5.94. The smallest absolute Gasteiger partial charge is 0.229 e. The summed E-state index contributed by atoms with van der Waals surface area (Å²) >= 11 is 6.16. The number of halogens is 1. The van der Waals surface area contributed by atoms with Crippen molar-refractivity contribution in [3.05, 3.63) is 11.7 Å². The summed E-state index contributed by atoms with van der Waals surface area (Å²) in [7, 11) is 1.75. The zero-order valence-corrected chi connectivity index (χ0v) is 11.2. The van der Waals surface area contributed by atoms with Gasteiger partial charge in [0.25, 0.3) is 0 Å². The Labute approximate surface area is 107 Å². The minimum absolute atomic E-state index is 0.0730. The topological polar surface area (TPSA) is 48.2 Å². The van der Waals surface area contributed by atoms with Gasteiger partial charge in [0.1, 0.15) is 0 Å². The lowest BCUT2D eigenvalue weighted by atomic mass is 9.77. The van der Waals surface area contributed by atoms with E-state index < -0.39 is 0 Å². The summed E-state index contributed by atoms with van der Waals surface area (Å²) in [5, 5.41) is 3.80. The summed E-state index contributed by atoms with van der Waals surface area (Å²) in [4.78, 5) is 4.35. The largest absolute Gasteiger partial charge is 0.378 e. The summed E-state index contributed by atoms with van der Waals surface area (Å²) in [5.74, 6) is 1.25. The fourth-order valence-corrected chi connectivity index (χ4v) is 2.46. The molecule has 1 fully saturated rings. The van der Waals surface area contributed by atoms with Crippen LogP contribution >= 0.6 is 11.6 Å². The molecular formula is C12H19ClN2O2. The van der Waals surface area contributed by atoms with Crippen molar-refractivity contribution >= 4 is 11.6 Å². The second-order valence-electron chi connectivity index (χ2n) is 4.72. The van der Waals surface area contributed by atoms with Gasteiger partial charge < -0.3 is 9.26 Å². The van der Waals surface area contributed by atoms with Crippen LogP contribution in [0.25, 0.3) is 0 Å². The van der Waals surface area contributed by atoms with Crippen LogP contribution in [0.4, 0.5) is 0 Å². The first kappa shape index (κ1) is 12.8. The third kappa shape index (κ3) is 2.80. The first-order valence-electron chi connectivity index (χ1n) is 6.21. The first-order chi connectivity index (χ1) is 8.19. The first-order valence-corrected chi connectivity index (χ1v) is 6.64.